The Morgan fingerprint density at radius 2 is 1.51 bits per heavy atom. The third kappa shape index (κ3) is 4.18. The number of fused-ring (bicyclic) bond motifs is 3. The smallest absolute Gasteiger partial charge is 0.344 e. The molecule has 0 saturated heterocycles. The summed E-state index contributed by atoms with van der Waals surface area (Å²) in [5, 5.41) is 3.46. The van der Waals surface area contributed by atoms with Gasteiger partial charge in [-0.2, -0.15) is 0 Å². The van der Waals surface area contributed by atoms with Gasteiger partial charge < -0.3 is 33.4 Å². The fourth-order valence-electron chi connectivity index (χ4n) is 4.58. The number of para-hydroxylation sites is 1. The second-order valence-electron chi connectivity index (χ2n) is 8.31. The molecule has 1 aliphatic heterocycles. The lowest BCUT2D eigenvalue weighted by molar-refractivity contribution is -0.122. The van der Waals surface area contributed by atoms with E-state index in [2.05, 4.69) is 5.32 Å². The van der Waals surface area contributed by atoms with Crippen LogP contribution in [0.15, 0.2) is 69.9 Å². The van der Waals surface area contributed by atoms with Crippen LogP contribution in [0.1, 0.15) is 17.0 Å². The summed E-state index contributed by atoms with van der Waals surface area (Å²) in [4.78, 5) is 26.9. The van der Waals surface area contributed by atoms with Gasteiger partial charge >= 0.3 is 5.63 Å². The van der Waals surface area contributed by atoms with E-state index in [4.69, 9.17) is 28.1 Å². The molecule has 4 aromatic rings. The number of amides is 1. The Labute approximate surface area is 212 Å². The van der Waals surface area contributed by atoms with Gasteiger partial charge in [-0.3, -0.25) is 4.79 Å². The lowest BCUT2D eigenvalue weighted by atomic mass is 9.87. The van der Waals surface area contributed by atoms with Gasteiger partial charge in [0, 0.05) is 17.3 Å². The number of rotatable bonds is 7. The molecule has 3 aromatic carbocycles. The number of anilines is 1. The Balaban J connectivity index is 1.67. The fourth-order valence-corrected chi connectivity index (χ4v) is 4.58. The molecule has 1 aliphatic rings. The molecule has 1 aromatic heterocycles. The van der Waals surface area contributed by atoms with Crippen molar-refractivity contribution in [2.45, 2.75) is 12.0 Å². The van der Waals surface area contributed by atoms with Crippen molar-refractivity contribution in [2.24, 2.45) is 0 Å². The molecule has 9 nitrogen and oxygen atoms in total. The molecule has 0 radical (unpaired) electrons. The molecule has 0 bridgehead atoms. The maximum atomic E-state index is 13.6. The van der Waals surface area contributed by atoms with Crippen molar-refractivity contribution in [1.82, 2.24) is 0 Å². The van der Waals surface area contributed by atoms with Crippen molar-refractivity contribution in [3.05, 3.63) is 82.2 Å². The van der Waals surface area contributed by atoms with Gasteiger partial charge in [0.1, 0.15) is 22.8 Å². The van der Waals surface area contributed by atoms with Crippen molar-refractivity contribution in [1.29, 1.82) is 0 Å². The van der Waals surface area contributed by atoms with Crippen molar-refractivity contribution in [3.63, 3.8) is 0 Å². The Hall–Kier alpha value is -4.66. The van der Waals surface area contributed by atoms with Crippen LogP contribution >= 0.6 is 0 Å². The highest BCUT2D eigenvalue weighted by Gasteiger charge is 2.46. The maximum Gasteiger partial charge on any atom is 0.344 e. The predicted molar refractivity (Wildman–Crippen MR) is 136 cm³/mol. The summed E-state index contributed by atoms with van der Waals surface area (Å²) < 4.78 is 33.6. The van der Waals surface area contributed by atoms with Crippen molar-refractivity contribution < 1.29 is 32.9 Å². The van der Waals surface area contributed by atoms with Crippen molar-refractivity contribution >= 4 is 22.6 Å². The zero-order chi connectivity index (χ0) is 26.1. The first-order valence-corrected chi connectivity index (χ1v) is 11.5. The van der Waals surface area contributed by atoms with Crippen LogP contribution in [0.2, 0.25) is 0 Å². The van der Waals surface area contributed by atoms with Gasteiger partial charge in [-0.1, -0.05) is 12.1 Å². The van der Waals surface area contributed by atoms with Crippen LogP contribution < -0.4 is 34.6 Å². The van der Waals surface area contributed by atoms with Gasteiger partial charge in [-0.05, 0) is 42.5 Å². The molecule has 0 unspecified atom stereocenters. The molecule has 2 atom stereocenters. The molecule has 0 aliphatic carbocycles. The van der Waals surface area contributed by atoms with Crippen molar-refractivity contribution in [3.8, 4) is 28.7 Å². The summed E-state index contributed by atoms with van der Waals surface area (Å²) >= 11 is 0. The van der Waals surface area contributed by atoms with E-state index in [9.17, 15) is 9.59 Å². The van der Waals surface area contributed by atoms with Crippen LogP contribution in [0.3, 0.4) is 0 Å². The Kier molecular flexibility index (Phi) is 6.35. The standard InChI is InChI=1S/C28H25NO8/c1-32-16-11-9-15(10-12-16)29-27(30)26-23(18-13-21(34-3)22(35-4)14-20(18)33-2)24-25(37-26)17-7-5-6-8-19(17)36-28(24)31/h5-14,23,26H,1-4H3,(H,29,30)/t23-,26-/m1/s1. The molecule has 1 N–H and O–H groups in total. The highest BCUT2D eigenvalue weighted by atomic mass is 16.5. The van der Waals surface area contributed by atoms with Gasteiger partial charge in [0.25, 0.3) is 5.91 Å². The second kappa shape index (κ2) is 9.77. The average Bonchev–Trinajstić information content (AvgIpc) is 3.34. The van der Waals surface area contributed by atoms with E-state index < -0.39 is 23.6 Å². The molecule has 0 fully saturated rings. The van der Waals surface area contributed by atoms with Crippen LogP contribution in [-0.2, 0) is 4.79 Å². The van der Waals surface area contributed by atoms with Gasteiger partial charge in [0.15, 0.2) is 17.6 Å². The lowest BCUT2D eigenvalue weighted by Crippen LogP contribution is -2.35. The monoisotopic (exact) mass is 503 g/mol. The number of hydrogen-bond acceptors (Lipinski definition) is 8. The van der Waals surface area contributed by atoms with E-state index in [1.807, 2.05) is 6.07 Å². The van der Waals surface area contributed by atoms with E-state index in [1.54, 1.807) is 61.7 Å². The van der Waals surface area contributed by atoms with E-state index >= 15 is 0 Å². The number of benzene rings is 3. The minimum absolute atomic E-state index is 0.221. The Bertz CT molecular complexity index is 1530. The summed E-state index contributed by atoms with van der Waals surface area (Å²) in [6, 6.07) is 17.3. The summed E-state index contributed by atoms with van der Waals surface area (Å²) in [7, 11) is 6.07. The molecule has 5 rings (SSSR count). The first-order chi connectivity index (χ1) is 18.0. The molecule has 1 amide bonds. The number of nitrogens with one attached hydrogen (secondary N) is 1. The molecule has 2 heterocycles. The van der Waals surface area contributed by atoms with Gasteiger partial charge in [0.05, 0.1) is 45.3 Å². The summed E-state index contributed by atoms with van der Waals surface area (Å²) in [6.45, 7) is 0. The number of methoxy groups -OCH3 is 4. The summed E-state index contributed by atoms with van der Waals surface area (Å²) in [5.41, 5.74) is 1.03. The number of ether oxygens (including phenoxy) is 5. The third-order valence-electron chi connectivity index (χ3n) is 6.34. The largest absolute Gasteiger partial charge is 0.497 e. The zero-order valence-corrected chi connectivity index (χ0v) is 20.7. The van der Waals surface area contributed by atoms with E-state index in [1.165, 1.54) is 21.3 Å². The van der Waals surface area contributed by atoms with E-state index in [0.717, 1.165) is 0 Å². The van der Waals surface area contributed by atoms with E-state index in [-0.39, 0.29) is 5.56 Å². The summed E-state index contributed by atoms with van der Waals surface area (Å²) in [5.74, 6) is 0.880. The maximum absolute atomic E-state index is 13.6. The minimum Gasteiger partial charge on any atom is -0.497 e. The van der Waals surface area contributed by atoms with Crippen LogP contribution in [-0.4, -0.2) is 40.5 Å². The van der Waals surface area contributed by atoms with Gasteiger partial charge in [-0.15, -0.1) is 0 Å². The van der Waals surface area contributed by atoms with Crippen LogP contribution in [0, 0.1) is 0 Å². The van der Waals surface area contributed by atoms with Crippen molar-refractivity contribution in [2.75, 3.05) is 33.8 Å². The number of carbonyl (C=O) groups is 1. The lowest BCUT2D eigenvalue weighted by Gasteiger charge is -2.22. The second-order valence-corrected chi connectivity index (χ2v) is 8.31. The van der Waals surface area contributed by atoms with Gasteiger partial charge in [0.2, 0.25) is 0 Å². The first-order valence-electron chi connectivity index (χ1n) is 11.5. The molecule has 9 heteroatoms. The topological polar surface area (TPSA) is 105 Å². The minimum atomic E-state index is -1.11. The van der Waals surface area contributed by atoms with E-state index in [0.29, 0.717) is 51.0 Å². The van der Waals surface area contributed by atoms with Crippen LogP contribution in [0.25, 0.3) is 11.0 Å². The molecule has 37 heavy (non-hydrogen) atoms. The zero-order valence-electron chi connectivity index (χ0n) is 20.7. The predicted octanol–water partition coefficient (Wildman–Crippen LogP) is 4.36. The molecular weight excluding hydrogens is 478 g/mol. The van der Waals surface area contributed by atoms with Crippen LogP contribution in [0.5, 0.6) is 28.7 Å². The molecule has 0 saturated carbocycles. The molecule has 0 spiro atoms. The number of carbonyl (C=O) groups excluding carboxylic acids is 1. The Morgan fingerprint density at radius 1 is 0.838 bits per heavy atom. The quantitative estimate of drug-likeness (QED) is 0.371. The highest BCUT2D eigenvalue weighted by Crippen LogP contribution is 2.49. The Morgan fingerprint density at radius 3 is 2.19 bits per heavy atom. The SMILES string of the molecule is COc1ccc(NC(=O)[C@@H]2Oc3c(c(=O)oc4ccccc34)[C@H]2c2cc(OC)c(OC)cc2OC)cc1. The normalized spacial score (nSPS) is 16.0. The van der Waals surface area contributed by atoms with Crippen LogP contribution in [0.4, 0.5) is 5.69 Å². The summed E-state index contributed by atoms with van der Waals surface area (Å²) in [6.07, 6.45) is -1.11. The highest BCUT2D eigenvalue weighted by molar-refractivity contribution is 5.98. The molecule has 190 valence electrons. The number of hydrogen-bond donors (Lipinski definition) is 1. The molecular formula is C28H25NO8. The third-order valence-corrected chi connectivity index (χ3v) is 6.34. The fraction of sp³-hybridized carbons (Fsp3) is 0.214. The average molecular weight is 504 g/mol. The first kappa shape index (κ1) is 24.1. The van der Waals surface area contributed by atoms with Gasteiger partial charge in [-0.25, -0.2) is 4.79 Å².